The van der Waals surface area contributed by atoms with Crippen molar-refractivity contribution < 1.29 is 15.0 Å². The summed E-state index contributed by atoms with van der Waals surface area (Å²) < 4.78 is 0. The number of rotatable bonds is 6. The van der Waals surface area contributed by atoms with Crippen LogP contribution in [0.5, 0.6) is 0 Å². The molecule has 0 saturated heterocycles. The molecule has 178 valence electrons. The predicted octanol–water partition coefficient (Wildman–Crippen LogP) is 4.79. The number of amides is 1. The highest BCUT2D eigenvalue weighted by Crippen LogP contribution is 2.43. The first-order valence-electron chi connectivity index (χ1n) is 11.0. The van der Waals surface area contributed by atoms with Crippen LogP contribution in [0, 0.1) is 0 Å². The number of carbonyl (C=O) groups excluding carboxylic acids is 1. The van der Waals surface area contributed by atoms with Gasteiger partial charge in [-0.25, -0.2) is 4.98 Å². The number of H-pyrrole nitrogens is 1. The van der Waals surface area contributed by atoms with Gasteiger partial charge in [-0.05, 0) is 41.5 Å². The van der Waals surface area contributed by atoms with Crippen LogP contribution in [-0.4, -0.2) is 38.9 Å². The quantitative estimate of drug-likeness (QED) is 0.348. The van der Waals surface area contributed by atoms with Crippen molar-refractivity contribution in [2.24, 2.45) is 0 Å². The normalized spacial score (nSPS) is 16.9. The molecule has 1 aromatic heterocycles. The number of hydrogen-bond acceptors (Lipinski definition) is 5. The molecular formula is C26H22Cl2N4O3. The molecule has 4 aromatic rings. The lowest BCUT2D eigenvalue weighted by atomic mass is 10.1. The fourth-order valence-corrected chi connectivity index (χ4v) is 4.82. The molecule has 7 nitrogen and oxygen atoms in total. The lowest BCUT2D eigenvalue weighted by molar-refractivity contribution is -0.118. The monoisotopic (exact) mass is 508 g/mol. The minimum absolute atomic E-state index is 0.183. The highest BCUT2D eigenvalue weighted by atomic mass is 35.5. The van der Waals surface area contributed by atoms with Crippen molar-refractivity contribution in [3.63, 3.8) is 0 Å². The number of anilines is 2. The standard InChI is InChI=1S/C26H22Cl2N4O3/c27-18-4-1-3-16(11-18)13-31(19-9-7-17(8-10-19)22-12-29-15-30-22)23(33)14-32-24-20(25(34)26(32)35)5-2-6-21(24)28/h1-12,15,25-26,34-35H,13-14H2,(H,29,30). The zero-order valence-corrected chi connectivity index (χ0v) is 20.0. The van der Waals surface area contributed by atoms with Gasteiger partial charge in [0.2, 0.25) is 5.91 Å². The molecule has 3 aromatic carbocycles. The van der Waals surface area contributed by atoms with Crippen LogP contribution >= 0.6 is 23.2 Å². The van der Waals surface area contributed by atoms with Crippen LogP contribution in [0.3, 0.4) is 0 Å². The molecular weight excluding hydrogens is 487 g/mol. The molecule has 0 aliphatic carbocycles. The van der Waals surface area contributed by atoms with Crippen LogP contribution in [-0.2, 0) is 11.3 Å². The van der Waals surface area contributed by atoms with Crippen molar-refractivity contribution in [1.82, 2.24) is 9.97 Å². The second-order valence-electron chi connectivity index (χ2n) is 8.29. The number of fused-ring (bicyclic) bond motifs is 1. The highest BCUT2D eigenvalue weighted by molar-refractivity contribution is 6.33. The topological polar surface area (TPSA) is 92.7 Å². The summed E-state index contributed by atoms with van der Waals surface area (Å²) in [6.07, 6.45) is 0.887. The molecule has 0 saturated carbocycles. The Kier molecular flexibility index (Phi) is 6.49. The largest absolute Gasteiger partial charge is 0.384 e. The van der Waals surface area contributed by atoms with E-state index in [0.717, 1.165) is 16.8 Å². The second kappa shape index (κ2) is 9.71. The van der Waals surface area contributed by atoms with E-state index in [0.29, 0.717) is 27.0 Å². The number of benzene rings is 3. The summed E-state index contributed by atoms with van der Waals surface area (Å²) in [7, 11) is 0. The maximum atomic E-state index is 13.7. The van der Waals surface area contributed by atoms with Gasteiger partial charge in [0.1, 0.15) is 12.6 Å². The van der Waals surface area contributed by atoms with E-state index in [2.05, 4.69) is 9.97 Å². The third-order valence-corrected chi connectivity index (χ3v) is 6.59. The summed E-state index contributed by atoms with van der Waals surface area (Å²) in [4.78, 5) is 23.9. The zero-order valence-electron chi connectivity index (χ0n) is 18.5. The van der Waals surface area contributed by atoms with E-state index in [-0.39, 0.29) is 19.0 Å². The maximum absolute atomic E-state index is 13.7. The number of hydrogen-bond donors (Lipinski definition) is 3. The van der Waals surface area contributed by atoms with Gasteiger partial charge in [0.15, 0.2) is 6.23 Å². The lowest BCUT2D eigenvalue weighted by Crippen LogP contribution is -2.44. The minimum Gasteiger partial charge on any atom is -0.384 e. The number of halogens is 2. The summed E-state index contributed by atoms with van der Waals surface area (Å²) in [6.45, 7) is 0.0858. The number of para-hydroxylation sites is 1. The van der Waals surface area contributed by atoms with E-state index in [1.54, 1.807) is 47.8 Å². The molecule has 0 fully saturated rings. The fraction of sp³-hybridized carbons (Fsp3) is 0.154. The van der Waals surface area contributed by atoms with Gasteiger partial charge in [-0.3, -0.25) is 4.79 Å². The van der Waals surface area contributed by atoms with E-state index in [4.69, 9.17) is 23.2 Å². The Morgan fingerprint density at radius 1 is 1.06 bits per heavy atom. The third-order valence-electron chi connectivity index (χ3n) is 6.05. The molecule has 1 aliphatic heterocycles. The highest BCUT2D eigenvalue weighted by Gasteiger charge is 2.39. The predicted molar refractivity (Wildman–Crippen MR) is 136 cm³/mol. The number of carbonyl (C=O) groups is 1. The van der Waals surface area contributed by atoms with Crippen molar-refractivity contribution >= 4 is 40.5 Å². The first-order chi connectivity index (χ1) is 16.9. The summed E-state index contributed by atoms with van der Waals surface area (Å²) in [5.74, 6) is -0.279. The number of imidazole rings is 1. The molecule has 5 rings (SSSR count). The summed E-state index contributed by atoms with van der Waals surface area (Å²) in [5, 5.41) is 22.1. The molecule has 9 heteroatoms. The van der Waals surface area contributed by atoms with Gasteiger partial charge >= 0.3 is 0 Å². The minimum atomic E-state index is -1.29. The Bertz CT molecular complexity index is 1350. The van der Waals surface area contributed by atoms with E-state index >= 15 is 0 Å². The van der Waals surface area contributed by atoms with Gasteiger partial charge in [-0.2, -0.15) is 0 Å². The van der Waals surface area contributed by atoms with Crippen molar-refractivity contribution in [3.05, 3.63) is 100 Å². The third kappa shape index (κ3) is 4.63. The summed E-state index contributed by atoms with van der Waals surface area (Å²) in [6, 6.07) is 19.9. The van der Waals surface area contributed by atoms with Gasteiger partial charge < -0.3 is 25.0 Å². The van der Waals surface area contributed by atoms with Crippen LogP contribution in [0.1, 0.15) is 17.2 Å². The van der Waals surface area contributed by atoms with Crippen LogP contribution in [0.2, 0.25) is 10.0 Å². The molecule has 1 aliphatic rings. The first kappa shape index (κ1) is 23.4. The van der Waals surface area contributed by atoms with Crippen molar-refractivity contribution in [1.29, 1.82) is 0 Å². The number of aliphatic hydroxyl groups excluding tert-OH is 2. The number of aromatic nitrogens is 2. The van der Waals surface area contributed by atoms with Crippen LogP contribution in [0.25, 0.3) is 11.3 Å². The summed E-state index contributed by atoms with van der Waals surface area (Å²) >= 11 is 12.6. The number of aromatic amines is 1. The molecule has 0 radical (unpaired) electrons. The van der Waals surface area contributed by atoms with Crippen LogP contribution < -0.4 is 9.80 Å². The van der Waals surface area contributed by atoms with E-state index in [1.165, 1.54) is 4.90 Å². The van der Waals surface area contributed by atoms with Crippen molar-refractivity contribution in [3.8, 4) is 11.3 Å². The molecule has 0 bridgehead atoms. The molecule has 0 spiro atoms. The Balaban J connectivity index is 1.47. The number of nitrogens with one attached hydrogen (secondary N) is 1. The number of nitrogens with zero attached hydrogens (tertiary/aromatic N) is 3. The molecule has 3 N–H and O–H groups in total. The Hall–Kier alpha value is -3.36. The average Bonchev–Trinajstić information content (AvgIpc) is 3.47. The Morgan fingerprint density at radius 2 is 1.83 bits per heavy atom. The Morgan fingerprint density at radius 3 is 2.54 bits per heavy atom. The van der Waals surface area contributed by atoms with Gasteiger partial charge in [0, 0.05) is 16.3 Å². The Labute approximate surface area is 212 Å². The average molecular weight is 509 g/mol. The van der Waals surface area contributed by atoms with Gasteiger partial charge in [0.05, 0.1) is 35.5 Å². The second-order valence-corrected chi connectivity index (χ2v) is 9.13. The fourth-order valence-electron chi connectivity index (χ4n) is 4.32. The van der Waals surface area contributed by atoms with Gasteiger partial charge in [0.25, 0.3) is 0 Å². The molecule has 35 heavy (non-hydrogen) atoms. The van der Waals surface area contributed by atoms with E-state index < -0.39 is 12.3 Å². The van der Waals surface area contributed by atoms with Gasteiger partial charge in [-0.15, -0.1) is 0 Å². The van der Waals surface area contributed by atoms with E-state index in [1.807, 2.05) is 36.4 Å². The first-order valence-corrected chi connectivity index (χ1v) is 11.7. The molecule has 1 amide bonds. The van der Waals surface area contributed by atoms with Crippen molar-refractivity contribution in [2.75, 3.05) is 16.3 Å². The summed E-state index contributed by atoms with van der Waals surface area (Å²) in [5.41, 5.74) is 4.27. The molecule has 2 heterocycles. The molecule has 2 atom stereocenters. The number of aliphatic hydroxyl groups is 2. The maximum Gasteiger partial charge on any atom is 0.246 e. The SMILES string of the molecule is O=C(CN1c2c(Cl)cccc2C(O)C1O)N(Cc1cccc(Cl)c1)c1ccc(-c2cnc[nH]2)cc1. The van der Waals surface area contributed by atoms with Crippen LogP contribution in [0.15, 0.2) is 79.3 Å². The van der Waals surface area contributed by atoms with Gasteiger partial charge in [-0.1, -0.05) is 59.6 Å². The zero-order chi connectivity index (χ0) is 24.5. The van der Waals surface area contributed by atoms with E-state index in [9.17, 15) is 15.0 Å². The van der Waals surface area contributed by atoms with Crippen molar-refractivity contribution in [2.45, 2.75) is 18.9 Å². The smallest absolute Gasteiger partial charge is 0.246 e. The van der Waals surface area contributed by atoms with Crippen LogP contribution in [0.4, 0.5) is 11.4 Å². The molecule has 2 unspecified atom stereocenters. The lowest BCUT2D eigenvalue weighted by Gasteiger charge is -2.29.